The summed E-state index contributed by atoms with van der Waals surface area (Å²) in [7, 11) is 1.22. The second kappa shape index (κ2) is 20.0. The number of carbonyl (C=O) groups is 3. The van der Waals surface area contributed by atoms with Gasteiger partial charge in [0.25, 0.3) is 0 Å². The number of nitrogens with one attached hydrogen (secondary N) is 2. The van der Waals surface area contributed by atoms with Gasteiger partial charge in [-0.1, -0.05) is 12.0 Å². The molecule has 48 heavy (non-hydrogen) atoms. The summed E-state index contributed by atoms with van der Waals surface area (Å²) < 4.78 is 50.1. The van der Waals surface area contributed by atoms with Crippen LogP contribution in [0.25, 0.3) is 10.4 Å². The first-order chi connectivity index (χ1) is 22.7. The van der Waals surface area contributed by atoms with E-state index in [4.69, 9.17) is 48.2 Å². The van der Waals surface area contributed by atoms with Gasteiger partial charge in [0.1, 0.15) is 23.6 Å². The maximum atomic E-state index is 13.0. The van der Waals surface area contributed by atoms with Gasteiger partial charge >= 0.3 is 18.2 Å². The van der Waals surface area contributed by atoms with E-state index in [1.54, 1.807) is 41.5 Å². The van der Waals surface area contributed by atoms with Crippen LogP contribution in [0.15, 0.2) is 21.9 Å². The summed E-state index contributed by atoms with van der Waals surface area (Å²) in [6.07, 6.45) is -2.72. The lowest BCUT2D eigenvalue weighted by Crippen LogP contribution is -2.55. The van der Waals surface area contributed by atoms with Crippen molar-refractivity contribution in [2.24, 2.45) is 16.0 Å². The molecule has 0 aromatic heterocycles. The van der Waals surface area contributed by atoms with Crippen LogP contribution in [0.4, 0.5) is 9.59 Å². The first-order valence-corrected chi connectivity index (χ1v) is 15.7. The summed E-state index contributed by atoms with van der Waals surface area (Å²) in [5.74, 6) is -2.03. The van der Waals surface area contributed by atoms with Gasteiger partial charge in [-0.15, -0.1) is 0 Å². The topological polar surface area (TPSA) is 219 Å². The molecule has 0 unspecified atom stereocenters. The van der Waals surface area contributed by atoms with Crippen LogP contribution >= 0.6 is 0 Å². The van der Waals surface area contributed by atoms with Gasteiger partial charge in [0.05, 0.1) is 59.4 Å². The molecule has 18 heteroatoms. The molecule has 0 radical (unpaired) electrons. The van der Waals surface area contributed by atoms with E-state index >= 15 is 0 Å². The lowest BCUT2D eigenvalue weighted by atomic mass is 9.87. The number of rotatable bonds is 17. The van der Waals surface area contributed by atoms with Gasteiger partial charge in [-0.3, -0.25) is 0 Å². The van der Waals surface area contributed by atoms with Crippen LogP contribution in [0.2, 0.25) is 0 Å². The predicted octanol–water partition coefficient (Wildman–Crippen LogP) is 3.00. The Morgan fingerprint density at radius 1 is 1.10 bits per heavy atom. The largest absolute Gasteiger partial charge is 0.479 e. The molecule has 0 aromatic carbocycles. The van der Waals surface area contributed by atoms with E-state index in [0.717, 1.165) is 0 Å². The number of hydrogen-bond donors (Lipinski definition) is 2. The second-order valence-electron chi connectivity index (χ2n) is 12.3. The Bertz CT molecular complexity index is 1170. The molecule has 0 spiro atoms. The number of hydrogen-bond acceptors (Lipinski definition) is 13. The zero-order chi connectivity index (χ0) is 35.7. The first-order valence-electron chi connectivity index (χ1n) is 15.7. The van der Waals surface area contributed by atoms with Gasteiger partial charge in [-0.25, -0.2) is 14.4 Å². The third kappa shape index (κ3) is 15.0. The fourth-order valence-corrected chi connectivity index (χ4v) is 4.58. The third-order valence-electron chi connectivity index (χ3n) is 6.72. The Hall–Kier alpha value is -3.67. The number of alkyl carbamates (subject to hydrolysis) is 1. The molecule has 2 aliphatic heterocycles. The molecule has 272 valence electrons. The van der Waals surface area contributed by atoms with Crippen molar-refractivity contribution >= 4 is 24.0 Å². The standard InChI is InChI=1S/C30H50N6O12/c1-19-21(34-20(2)35-28(39)48-29(3,4)5)17-22(26(37)40-8)45-24(19)25(23-18-44-30(6,7)47-23)46-27(38)32-9-11-41-13-15-43-16-14-42-12-10-33-36-31/h17,19,21,23-25H,9-16,18H2,1-8H3,(H,32,38)(H,34,35,39)/t19-,21+,23-,24-,25-/m1/s1. The molecule has 2 rings (SSSR count). The van der Waals surface area contributed by atoms with Crippen molar-refractivity contribution in [1.29, 1.82) is 0 Å². The molecule has 18 nitrogen and oxygen atoms in total. The molecule has 0 bridgehead atoms. The van der Waals surface area contributed by atoms with Crippen molar-refractivity contribution in [2.75, 3.05) is 66.4 Å². The summed E-state index contributed by atoms with van der Waals surface area (Å²) in [4.78, 5) is 44.5. The monoisotopic (exact) mass is 686 g/mol. The van der Waals surface area contributed by atoms with Crippen LogP contribution < -0.4 is 10.6 Å². The lowest BCUT2D eigenvalue weighted by molar-refractivity contribution is -0.171. The SMILES string of the molecule is COC(=O)C1=C[C@H](N/C(C)=N\C(=O)OC(C)(C)C)[C@@H](C)[C@H]([C@H](OC(=O)NCCOCCOCCOCCN=[N+]=[N-])[C@H]2COC(C)(C)O2)O1. The second-order valence-corrected chi connectivity index (χ2v) is 12.3. The van der Waals surface area contributed by atoms with Crippen LogP contribution in [0, 0.1) is 5.92 Å². The molecule has 0 saturated carbocycles. The molecule has 0 aromatic rings. The third-order valence-corrected chi connectivity index (χ3v) is 6.72. The van der Waals surface area contributed by atoms with Crippen LogP contribution in [-0.2, 0) is 47.4 Å². The predicted molar refractivity (Wildman–Crippen MR) is 170 cm³/mol. The molecule has 0 aliphatic carbocycles. The van der Waals surface area contributed by atoms with Crippen molar-refractivity contribution in [2.45, 2.75) is 84.2 Å². The van der Waals surface area contributed by atoms with E-state index < -0.39 is 59.8 Å². The number of aliphatic imine (C=N–C) groups is 1. The molecule has 2 aliphatic rings. The highest BCUT2D eigenvalue weighted by Crippen LogP contribution is 2.34. The van der Waals surface area contributed by atoms with E-state index in [9.17, 15) is 14.4 Å². The first kappa shape index (κ1) is 40.5. The lowest BCUT2D eigenvalue weighted by Gasteiger charge is -2.40. The maximum Gasteiger partial charge on any atom is 0.435 e. The number of methoxy groups -OCH3 is 1. The number of amidine groups is 1. The molecular formula is C30H50N6O12. The molecule has 2 N–H and O–H groups in total. The minimum Gasteiger partial charge on any atom is -0.479 e. The van der Waals surface area contributed by atoms with E-state index in [1.807, 2.05) is 6.92 Å². The average Bonchev–Trinajstić information content (AvgIpc) is 3.37. The number of carbonyl (C=O) groups excluding carboxylic acids is 3. The fourth-order valence-electron chi connectivity index (χ4n) is 4.58. The fraction of sp³-hybridized carbons (Fsp3) is 0.800. The Kier molecular flexibility index (Phi) is 16.9. The maximum absolute atomic E-state index is 13.0. The number of ether oxygens (including phenoxy) is 9. The van der Waals surface area contributed by atoms with E-state index in [2.05, 4.69) is 25.7 Å². The molecule has 5 atom stereocenters. The Morgan fingerprint density at radius 2 is 1.75 bits per heavy atom. The minimum absolute atomic E-state index is 0.0912. The van der Waals surface area contributed by atoms with Crippen LogP contribution in [-0.4, -0.2) is 126 Å². The van der Waals surface area contributed by atoms with Gasteiger partial charge in [-0.2, -0.15) is 4.99 Å². The minimum atomic E-state index is -1.04. The van der Waals surface area contributed by atoms with Gasteiger partial charge in [0, 0.05) is 23.9 Å². The normalized spacial score (nSPS) is 22.8. The number of azide groups is 1. The highest BCUT2D eigenvalue weighted by molar-refractivity contribution is 5.91. The van der Waals surface area contributed by atoms with Crippen molar-refractivity contribution in [3.63, 3.8) is 0 Å². The highest BCUT2D eigenvalue weighted by atomic mass is 16.8. The van der Waals surface area contributed by atoms with Crippen LogP contribution in [0.3, 0.4) is 0 Å². The number of amides is 2. The van der Waals surface area contributed by atoms with Gasteiger partial charge < -0.3 is 53.3 Å². The van der Waals surface area contributed by atoms with Crippen LogP contribution in [0.1, 0.15) is 48.5 Å². The Balaban J connectivity index is 2.02. The quantitative estimate of drug-likeness (QED) is 0.0329. The average molecular weight is 687 g/mol. The van der Waals surface area contributed by atoms with E-state index in [0.29, 0.717) is 33.0 Å². The summed E-state index contributed by atoms with van der Waals surface area (Å²) in [6.45, 7) is 14.4. The van der Waals surface area contributed by atoms with Gasteiger partial charge in [0.2, 0.25) is 5.76 Å². The highest BCUT2D eigenvalue weighted by Gasteiger charge is 2.49. The molecule has 1 fully saturated rings. The van der Waals surface area contributed by atoms with E-state index in [1.165, 1.54) is 13.2 Å². The summed E-state index contributed by atoms with van der Waals surface area (Å²) in [5, 5.41) is 9.15. The zero-order valence-electron chi connectivity index (χ0n) is 29.0. The molecule has 1 saturated heterocycles. The van der Waals surface area contributed by atoms with Crippen molar-refractivity contribution in [1.82, 2.24) is 10.6 Å². The van der Waals surface area contributed by atoms with E-state index in [-0.39, 0.29) is 37.9 Å². The van der Waals surface area contributed by atoms with Gasteiger partial charge in [-0.05, 0) is 53.1 Å². The smallest absolute Gasteiger partial charge is 0.435 e. The molecule has 2 heterocycles. The van der Waals surface area contributed by atoms with Crippen LogP contribution in [0.5, 0.6) is 0 Å². The number of nitrogens with zero attached hydrogens (tertiary/aromatic N) is 4. The zero-order valence-corrected chi connectivity index (χ0v) is 29.0. The summed E-state index contributed by atoms with van der Waals surface area (Å²) in [5.41, 5.74) is 7.49. The molecular weight excluding hydrogens is 636 g/mol. The summed E-state index contributed by atoms with van der Waals surface area (Å²) >= 11 is 0. The Labute approximate surface area is 280 Å². The van der Waals surface area contributed by atoms with Crippen molar-refractivity contribution in [3.05, 3.63) is 22.3 Å². The number of esters is 1. The Morgan fingerprint density at radius 3 is 2.33 bits per heavy atom. The molecule has 2 amide bonds. The van der Waals surface area contributed by atoms with Crippen molar-refractivity contribution in [3.8, 4) is 0 Å². The summed E-state index contributed by atoms with van der Waals surface area (Å²) in [6, 6.07) is -0.603. The van der Waals surface area contributed by atoms with Crippen molar-refractivity contribution < 1.29 is 57.0 Å². The van der Waals surface area contributed by atoms with Gasteiger partial charge in [0.15, 0.2) is 11.9 Å².